The molecule has 138 valence electrons. The number of benzene rings is 1. The first kappa shape index (κ1) is 20.9. The number of rotatable bonds is 5. The standard InChI is InChI=1S/C10H4BrF9O3S/c11-5-1-3-6(4-2-5)23-24(21,22)10(19,20)8(14,15)7(12,13)9(16,17)18/h1-4H. The van der Waals surface area contributed by atoms with Crippen LogP contribution in [-0.4, -0.2) is 31.7 Å². The molecule has 0 saturated carbocycles. The van der Waals surface area contributed by atoms with Crippen LogP contribution in [0.5, 0.6) is 5.75 Å². The minimum Gasteiger partial charge on any atom is -0.378 e. The van der Waals surface area contributed by atoms with Gasteiger partial charge >= 0.3 is 33.4 Å². The molecule has 0 heterocycles. The van der Waals surface area contributed by atoms with Gasteiger partial charge in [0, 0.05) is 4.47 Å². The molecule has 14 heteroatoms. The summed E-state index contributed by atoms with van der Waals surface area (Å²) in [5.41, 5.74) is 0. The van der Waals surface area contributed by atoms with Crippen LogP contribution in [0.3, 0.4) is 0 Å². The summed E-state index contributed by atoms with van der Waals surface area (Å²) in [4.78, 5) is 0. The van der Waals surface area contributed by atoms with Gasteiger partial charge in [-0.25, -0.2) is 0 Å². The molecule has 0 aromatic heterocycles. The lowest BCUT2D eigenvalue weighted by molar-refractivity contribution is -0.382. The summed E-state index contributed by atoms with van der Waals surface area (Å²) in [5, 5.41) is -6.88. The Kier molecular flexibility index (Phi) is 5.19. The van der Waals surface area contributed by atoms with Crippen LogP contribution >= 0.6 is 15.9 Å². The monoisotopic (exact) mass is 454 g/mol. The van der Waals surface area contributed by atoms with Crippen LogP contribution in [0.2, 0.25) is 0 Å². The Morgan fingerprint density at radius 3 is 1.58 bits per heavy atom. The lowest BCUT2D eigenvalue weighted by Crippen LogP contribution is -2.63. The third-order valence-corrected chi connectivity index (χ3v) is 4.27. The van der Waals surface area contributed by atoms with Gasteiger partial charge in [0.25, 0.3) is 0 Å². The second-order valence-electron chi connectivity index (χ2n) is 4.15. The third kappa shape index (κ3) is 3.30. The predicted octanol–water partition coefficient (Wildman–Crippen LogP) is 4.58. The van der Waals surface area contributed by atoms with Gasteiger partial charge in [0.2, 0.25) is 0 Å². The first-order chi connectivity index (χ1) is 10.5. The summed E-state index contributed by atoms with van der Waals surface area (Å²) in [7, 11) is -6.91. The molecule has 0 radical (unpaired) electrons. The van der Waals surface area contributed by atoms with Crippen LogP contribution in [0.15, 0.2) is 28.7 Å². The van der Waals surface area contributed by atoms with E-state index in [1.807, 2.05) is 0 Å². The Bertz CT molecular complexity index is 697. The molecule has 0 atom stereocenters. The van der Waals surface area contributed by atoms with Crippen molar-refractivity contribution in [1.29, 1.82) is 0 Å². The van der Waals surface area contributed by atoms with E-state index >= 15 is 0 Å². The third-order valence-electron chi connectivity index (χ3n) is 2.45. The summed E-state index contributed by atoms with van der Waals surface area (Å²) >= 11 is 2.85. The Hall–Kier alpha value is -1.18. The first-order valence-electron chi connectivity index (χ1n) is 5.37. The molecule has 0 N–H and O–H groups in total. The van der Waals surface area contributed by atoms with Crippen molar-refractivity contribution in [3.05, 3.63) is 28.7 Å². The average molecular weight is 455 g/mol. The number of halogens is 10. The second-order valence-corrected chi connectivity index (χ2v) is 6.66. The van der Waals surface area contributed by atoms with Crippen LogP contribution in [0.25, 0.3) is 0 Å². The van der Waals surface area contributed by atoms with Crippen molar-refractivity contribution < 1.29 is 52.1 Å². The molecule has 0 unspecified atom stereocenters. The SMILES string of the molecule is O=S(=O)(Oc1ccc(Br)cc1)C(F)(F)C(F)(F)C(F)(F)C(F)(F)F. The highest BCUT2D eigenvalue weighted by Crippen LogP contribution is 2.54. The van der Waals surface area contributed by atoms with Crippen molar-refractivity contribution in [2.75, 3.05) is 0 Å². The van der Waals surface area contributed by atoms with E-state index in [1.165, 1.54) is 0 Å². The number of alkyl halides is 9. The van der Waals surface area contributed by atoms with Gasteiger partial charge < -0.3 is 4.18 Å². The van der Waals surface area contributed by atoms with Crippen LogP contribution in [-0.2, 0) is 10.1 Å². The minimum absolute atomic E-state index is 0.271. The molecule has 0 amide bonds. The quantitative estimate of drug-likeness (QED) is 0.483. The van der Waals surface area contributed by atoms with Gasteiger partial charge in [-0.05, 0) is 24.3 Å². The van der Waals surface area contributed by atoms with E-state index in [4.69, 9.17) is 0 Å². The van der Waals surface area contributed by atoms with E-state index in [1.54, 1.807) is 0 Å². The van der Waals surface area contributed by atoms with E-state index in [9.17, 15) is 47.9 Å². The molecule has 24 heavy (non-hydrogen) atoms. The van der Waals surface area contributed by atoms with Crippen LogP contribution in [0, 0.1) is 0 Å². The fraction of sp³-hybridized carbons (Fsp3) is 0.400. The molecular weight excluding hydrogens is 451 g/mol. The van der Waals surface area contributed by atoms with Crippen molar-refractivity contribution in [2.45, 2.75) is 23.3 Å². The topological polar surface area (TPSA) is 43.4 Å². The molecule has 0 spiro atoms. The van der Waals surface area contributed by atoms with Crippen molar-refractivity contribution >= 4 is 26.0 Å². The highest BCUT2D eigenvalue weighted by molar-refractivity contribution is 9.10. The Balaban J connectivity index is 3.32. The maximum Gasteiger partial charge on any atom is 0.460 e. The molecule has 3 nitrogen and oxygen atoms in total. The van der Waals surface area contributed by atoms with Crippen molar-refractivity contribution in [3.63, 3.8) is 0 Å². The highest BCUT2D eigenvalue weighted by Gasteiger charge is 2.86. The number of hydrogen-bond acceptors (Lipinski definition) is 3. The van der Waals surface area contributed by atoms with E-state index in [2.05, 4.69) is 20.1 Å². The van der Waals surface area contributed by atoms with Crippen LogP contribution in [0.1, 0.15) is 0 Å². The highest BCUT2D eigenvalue weighted by atomic mass is 79.9. The van der Waals surface area contributed by atoms with Gasteiger partial charge in [0.05, 0.1) is 0 Å². The fourth-order valence-corrected chi connectivity index (χ4v) is 2.36. The molecular formula is C10H4BrF9O3S. The summed E-state index contributed by atoms with van der Waals surface area (Å²) in [6.45, 7) is 0. The van der Waals surface area contributed by atoms with Gasteiger partial charge in [0.1, 0.15) is 5.75 Å². The molecule has 1 rings (SSSR count). The zero-order chi connectivity index (χ0) is 19.2. The first-order valence-corrected chi connectivity index (χ1v) is 7.57. The second kappa shape index (κ2) is 5.97. The maximum absolute atomic E-state index is 13.3. The zero-order valence-corrected chi connectivity index (χ0v) is 13.1. The molecule has 0 aliphatic rings. The normalized spacial score (nSPS) is 14.6. The lowest BCUT2D eigenvalue weighted by atomic mass is 10.1. The maximum atomic E-state index is 13.3. The molecule has 1 aromatic carbocycles. The summed E-state index contributed by atoms with van der Waals surface area (Å²) in [5.74, 6) is -15.7. The Morgan fingerprint density at radius 2 is 1.21 bits per heavy atom. The average Bonchev–Trinajstić information content (AvgIpc) is 2.39. The predicted molar refractivity (Wildman–Crippen MR) is 64.6 cm³/mol. The smallest absolute Gasteiger partial charge is 0.378 e. The molecule has 0 aliphatic heterocycles. The molecule has 0 aliphatic carbocycles. The molecule has 0 bridgehead atoms. The van der Waals surface area contributed by atoms with Crippen molar-refractivity contribution in [2.24, 2.45) is 0 Å². The van der Waals surface area contributed by atoms with Gasteiger partial charge in [-0.3, -0.25) is 0 Å². The van der Waals surface area contributed by atoms with Gasteiger partial charge in [0.15, 0.2) is 0 Å². The zero-order valence-electron chi connectivity index (χ0n) is 10.7. The van der Waals surface area contributed by atoms with Crippen LogP contribution < -0.4 is 4.18 Å². The summed E-state index contributed by atoms with van der Waals surface area (Å²) in [6, 6.07) is 3.34. The largest absolute Gasteiger partial charge is 0.460 e. The molecule has 1 aromatic rings. The van der Waals surface area contributed by atoms with E-state index in [-0.39, 0.29) is 4.47 Å². The molecule has 0 saturated heterocycles. The van der Waals surface area contributed by atoms with Crippen LogP contribution in [0.4, 0.5) is 39.5 Å². The lowest BCUT2D eigenvalue weighted by Gasteiger charge is -2.32. The molecule has 0 fully saturated rings. The summed E-state index contributed by atoms with van der Waals surface area (Å²) in [6.07, 6.45) is -7.13. The van der Waals surface area contributed by atoms with Gasteiger partial charge in [-0.1, -0.05) is 15.9 Å². The Labute approximate surface area is 136 Å². The van der Waals surface area contributed by atoms with Gasteiger partial charge in [-0.2, -0.15) is 47.9 Å². The van der Waals surface area contributed by atoms with E-state index in [0.29, 0.717) is 12.1 Å². The van der Waals surface area contributed by atoms with Crippen molar-refractivity contribution in [1.82, 2.24) is 0 Å². The summed E-state index contributed by atoms with van der Waals surface area (Å²) < 4.78 is 140. The number of hydrogen-bond donors (Lipinski definition) is 0. The van der Waals surface area contributed by atoms with E-state index < -0.39 is 39.1 Å². The van der Waals surface area contributed by atoms with E-state index in [0.717, 1.165) is 12.1 Å². The fourth-order valence-electron chi connectivity index (χ4n) is 1.19. The minimum atomic E-state index is -7.33. The van der Waals surface area contributed by atoms with Gasteiger partial charge in [-0.15, -0.1) is 0 Å². The van der Waals surface area contributed by atoms with Crippen molar-refractivity contribution in [3.8, 4) is 5.75 Å². The Morgan fingerprint density at radius 1 is 0.792 bits per heavy atom.